The number of benzene rings is 2. The smallest absolute Gasteiger partial charge is 0.246 e. The molecule has 1 saturated heterocycles. The molecule has 0 spiro atoms. The molecule has 2 aromatic carbocycles. The van der Waals surface area contributed by atoms with Crippen LogP contribution in [0.15, 0.2) is 65.1 Å². The van der Waals surface area contributed by atoms with Gasteiger partial charge in [-0.3, -0.25) is 9.59 Å². The first kappa shape index (κ1) is 18.4. The number of piperidine rings is 1. The molecule has 0 unspecified atom stereocenters. The summed E-state index contributed by atoms with van der Waals surface area (Å²) in [6, 6.07) is 17.3. The molecule has 1 N–H and O–H groups in total. The Kier molecular flexibility index (Phi) is 6.23. The van der Waals surface area contributed by atoms with E-state index in [4.69, 9.17) is 0 Å². The number of nitrogens with one attached hydrogen (secondary N) is 1. The number of likely N-dealkylation sites (tertiary alicyclic amines) is 1. The highest BCUT2D eigenvalue weighted by atomic mass is 79.9. The van der Waals surface area contributed by atoms with Gasteiger partial charge in [0.05, 0.1) is 0 Å². The summed E-state index contributed by atoms with van der Waals surface area (Å²) in [4.78, 5) is 26.5. The minimum atomic E-state index is -0.0466. The Labute approximate surface area is 162 Å². The molecule has 1 fully saturated rings. The highest BCUT2D eigenvalue weighted by Gasteiger charge is 2.26. The predicted octanol–water partition coefficient (Wildman–Crippen LogP) is 4.34. The normalized spacial score (nSPS) is 15.2. The minimum Gasteiger partial charge on any atom is -0.339 e. The van der Waals surface area contributed by atoms with Crippen molar-refractivity contribution in [3.8, 4) is 0 Å². The van der Waals surface area contributed by atoms with Crippen molar-refractivity contribution in [3.63, 3.8) is 0 Å². The topological polar surface area (TPSA) is 49.4 Å². The minimum absolute atomic E-state index is 0.00478. The Hall–Kier alpha value is -2.40. The van der Waals surface area contributed by atoms with E-state index in [0.29, 0.717) is 25.9 Å². The van der Waals surface area contributed by atoms with Gasteiger partial charge < -0.3 is 10.2 Å². The summed E-state index contributed by atoms with van der Waals surface area (Å²) in [6.45, 7) is 1.22. The summed E-state index contributed by atoms with van der Waals surface area (Å²) in [5.41, 5.74) is 1.80. The molecular formula is C21H21BrN2O2. The standard InChI is InChI=1S/C21H21BrN2O2/c22-18-9-6-16(7-10-18)8-11-20(25)24-14-12-17(13-15-24)21(26)23-19-4-2-1-3-5-19/h1-11,17H,12-15H2,(H,23,26). The molecule has 4 nitrogen and oxygen atoms in total. The zero-order chi connectivity index (χ0) is 18.4. The quantitative estimate of drug-likeness (QED) is 0.759. The van der Waals surface area contributed by atoms with Crippen molar-refractivity contribution in [2.24, 2.45) is 5.92 Å². The monoisotopic (exact) mass is 412 g/mol. The first-order valence-electron chi connectivity index (χ1n) is 8.70. The van der Waals surface area contributed by atoms with Crippen LogP contribution in [0.5, 0.6) is 0 Å². The molecule has 134 valence electrons. The number of anilines is 1. The first-order chi connectivity index (χ1) is 12.6. The van der Waals surface area contributed by atoms with Crippen molar-refractivity contribution in [2.75, 3.05) is 18.4 Å². The average Bonchev–Trinajstić information content (AvgIpc) is 2.68. The van der Waals surface area contributed by atoms with Gasteiger partial charge in [-0.25, -0.2) is 0 Å². The second-order valence-corrected chi connectivity index (χ2v) is 7.26. The van der Waals surface area contributed by atoms with Crippen molar-refractivity contribution >= 4 is 39.5 Å². The third-order valence-corrected chi connectivity index (χ3v) is 5.04. The van der Waals surface area contributed by atoms with Crippen LogP contribution in [0, 0.1) is 5.92 Å². The molecule has 1 aliphatic rings. The van der Waals surface area contributed by atoms with E-state index in [0.717, 1.165) is 15.7 Å². The first-order valence-corrected chi connectivity index (χ1v) is 9.49. The van der Waals surface area contributed by atoms with Gasteiger partial charge in [-0.2, -0.15) is 0 Å². The fraction of sp³-hybridized carbons (Fsp3) is 0.238. The molecule has 3 rings (SSSR count). The van der Waals surface area contributed by atoms with E-state index in [1.165, 1.54) is 0 Å². The molecule has 1 heterocycles. The number of carbonyl (C=O) groups is 2. The van der Waals surface area contributed by atoms with E-state index >= 15 is 0 Å². The highest BCUT2D eigenvalue weighted by molar-refractivity contribution is 9.10. The summed E-state index contributed by atoms with van der Waals surface area (Å²) in [7, 11) is 0. The maximum Gasteiger partial charge on any atom is 0.246 e. The van der Waals surface area contributed by atoms with E-state index in [1.54, 1.807) is 6.08 Å². The van der Waals surface area contributed by atoms with Crippen LogP contribution in [-0.4, -0.2) is 29.8 Å². The summed E-state index contributed by atoms with van der Waals surface area (Å²) >= 11 is 3.39. The number of halogens is 1. The van der Waals surface area contributed by atoms with Crippen molar-refractivity contribution < 1.29 is 9.59 Å². The van der Waals surface area contributed by atoms with Crippen LogP contribution in [0.2, 0.25) is 0 Å². The van der Waals surface area contributed by atoms with E-state index in [-0.39, 0.29) is 17.7 Å². The Bertz CT molecular complexity index is 779. The molecular weight excluding hydrogens is 392 g/mol. The predicted molar refractivity (Wildman–Crippen MR) is 108 cm³/mol. The third kappa shape index (κ3) is 5.05. The summed E-state index contributed by atoms with van der Waals surface area (Å²) < 4.78 is 1.01. The van der Waals surface area contributed by atoms with Crippen LogP contribution < -0.4 is 5.32 Å². The van der Waals surface area contributed by atoms with Gasteiger partial charge in [0.15, 0.2) is 0 Å². The molecule has 0 atom stereocenters. The van der Waals surface area contributed by atoms with Crippen molar-refractivity contribution in [2.45, 2.75) is 12.8 Å². The van der Waals surface area contributed by atoms with Gasteiger partial charge in [0.1, 0.15) is 0 Å². The molecule has 26 heavy (non-hydrogen) atoms. The third-order valence-electron chi connectivity index (χ3n) is 4.51. The SMILES string of the molecule is O=C(Nc1ccccc1)C1CCN(C(=O)C=Cc2ccc(Br)cc2)CC1. The van der Waals surface area contributed by atoms with Crippen molar-refractivity contribution in [3.05, 3.63) is 70.7 Å². The van der Waals surface area contributed by atoms with Gasteiger partial charge in [-0.15, -0.1) is 0 Å². The molecule has 2 aromatic rings. The van der Waals surface area contributed by atoms with Crippen LogP contribution in [0.4, 0.5) is 5.69 Å². The highest BCUT2D eigenvalue weighted by Crippen LogP contribution is 2.20. The number of hydrogen-bond acceptors (Lipinski definition) is 2. The number of para-hydroxylation sites is 1. The Morgan fingerprint density at radius 1 is 1.00 bits per heavy atom. The van der Waals surface area contributed by atoms with Crippen LogP contribution in [-0.2, 0) is 9.59 Å². The number of amides is 2. The Morgan fingerprint density at radius 2 is 1.65 bits per heavy atom. The summed E-state index contributed by atoms with van der Waals surface area (Å²) in [6.07, 6.45) is 4.81. The lowest BCUT2D eigenvalue weighted by Crippen LogP contribution is -2.40. The summed E-state index contributed by atoms with van der Waals surface area (Å²) in [5.74, 6) is -0.0155. The van der Waals surface area contributed by atoms with Crippen LogP contribution in [0.1, 0.15) is 18.4 Å². The van der Waals surface area contributed by atoms with Crippen molar-refractivity contribution in [1.29, 1.82) is 0 Å². The second kappa shape index (κ2) is 8.81. The van der Waals surface area contributed by atoms with Gasteiger partial charge in [0, 0.05) is 35.2 Å². The average molecular weight is 413 g/mol. The fourth-order valence-corrected chi connectivity index (χ4v) is 3.24. The Balaban J connectivity index is 1.49. The van der Waals surface area contributed by atoms with Crippen molar-refractivity contribution in [1.82, 2.24) is 4.90 Å². The fourth-order valence-electron chi connectivity index (χ4n) is 2.97. The van der Waals surface area contributed by atoms with E-state index in [1.807, 2.05) is 65.6 Å². The zero-order valence-electron chi connectivity index (χ0n) is 14.4. The van der Waals surface area contributed by atoms with E-state index in [9.17, 15) is 9.59 Å². The molecule has 0 bridgehead atoms. The van der Waals surface area contributed by atoms with Gasteiger partial charge in [-0.05, 0) is 48.7 Å². The number of rotatable bonds is 4. The van der Waals surface area contributed by atoms with Gasteiger partial charge >= 0.3 is 0 Å². The second-order valence-electron chi connectivity index (χ2n) is 6.34. The Morgan fingerprint density at radius 3 is 2.31 bits per heavy atom. The molecule has 0 saturated carbocycles. The lowest BCUT2D eigenvalue weighted by molar-refractivity contribution is -0.130. The number of carbonyl (C=O) groups excluding carboxylic acids is 2. The molecule has 2 amide bonds. The van der Waals surface area contributed by atoms with Gasteiger partial charge in [0.25, 0.3) is 0 Å². The molecule has 0 aliphatic carbocycles. The van der Waals surface area contributed by atoms with Crippen LogP contribution in [0.25, 0.3) is 6.08 Å². The maximum absolute atomic E-state index is 12.3. The van der Waals surface area contributed by atoms with Crippen LogP contribution in [0.3, 0.4) is 0 Å². The molecule has 1 aliphatic heterocycles. The largest absolute Gasteiger partial charge is 0.339 e. The number of nitrogens with zero attached hydrogens (tertiary/aromatic N) is 1. The lowest BCUT2D eigenvalue weighted by Gasteiger charge is -2.30. The van der Waals surface area contributed by atoms with Crippen LogP contribution >= 0.6 is 15.9 Å². The maximum atomic E-state index is 12.3. The molecule has 0 radical (unpaired) electrons. The van der Waals surface area contributed by atoms with Gasteiger partial charge in [-0.1, -0.05) is 46.3 Å². The summed E-state index contributed by atoms with van der Waals surface area (Å²) in [5, 5.41) is 2.95. The van der Waals surface area contributed by atoms with Gasteiger partial charge in [0.2, 0.25) is 11.8 Å². The lowest BCUT2D eigenvalue weighted by atomic mass is 9.95. The molecule has 5 heteroatoms. The number of hydrogen-bond donors (Lipinski definition) is 1. The van der Waals surface area contributed by atoms with E-state index in [2.05, 4.69) is 21.2 Å². The molecule has 0 aromatic heterocycles. The zero-order valence-corrected chi connectivity index (χ0v) is 16.0. The van der Waals surface area contributed by atoms with E-state index < -0.39 is 0 Å².